The van der Waals surface area contributed by atoms with Crippen LogP contribution in [0.15, 0.2) is 101 Å². The third-order valence-electron chi connectivity index (χ3n) is 5.41. The largest absolute Gasteiger partial charge is 0.497 e. The Hall–Kier alpha value is -4.15. The zero-order valence-corrected chi connectivity index (χ0v) is 20.8. The van der Waals surface area contributed by atoms with Crippen LogP contribution in [-0.4, -0.2) is 26.4 Å². The molecule has 5 rings (SSSR count). The van der Waals surface area contributed by atoms with Crippen molar-refractivity contribution in [2.24, 2.45) is 0 Å². The maximum atomic E-state index is 13.5. The molecule has 0 radical (unpaired) electrons. The van der Waals surface area contributed by atoms with Crippen molar-refractivity contribution < 1.29 is 22.4 Å². The topological polar surface area (TPSA) is 102 Å². The van der Waals surface area contributed by atoms with E-state index in [0.717, 1.165) is 10.2 Å². The van der Waals surface area contributed by atoms with Crippen LogP contribution >= 0.6 is 11.3 Å². The van der Waals surface area contributed by atoms with E-state index in [1.54, 1.807) is 59.7 Å². The Labute approximate surface area is 211 Å². The molecule has 0 bridgehead atoms. The molecule has 1 N–H and O–H groups in total. The average Bonchev–Trinajstić information content (AvgIpc) is 3.57. The Morgan fingerprint density at radius 3 is 2.42 bits per heavy atom. The van der Waals surface area contributed by atoms with E-state index in [2.05, 4.69) is 9.71 Å². The molecule has 5 aromatic rings. The van der Waals surface area contributed by atoms with Crippen LogP contribution in [0.4, 0.5) is 10.8 Å². The van der Waals surface area contributed by atoms with Gasteiger partial charge in [-0.2, -0.15) is 0 Å². The number of thiazole rings is 1. The molecular formula is C26H21N3O5S2. The maximum Gasteiger partial charge on any atom is 0.261 e. The number of furan rings is 1. The summed E-state index contributed by atoms with van der Waals surface area (Å²) in [6.07, 6.45) is 1.56. The standard InChI is InChI=1S/C26H21N3O5S2/c1-33-20-12-14-22(15-13-20)36(31,32)28-19-10-8-18(9-11-19)25(30)29(17-21-5-4-16-34-21)26-27-23-6-2-3-7-24(23)35-26/h2-16,28H,17H2,1H3. The van der Waals surface area contributed by atoms with E-state index >= 15 is 0 Å². The van der Waals surface area contributed by atoms with E-state index in [-0.39, 0.29) is 17.3 Å². The van der Waals surface area contributed by atoms with Crippen molar-refractivity contribution in [2.45, 2.75) is 11.4 Å². The van der Waals surface area contributed by atoms with Crippen LogP contribution in [0, 0.1) is 0 Å². The number of carbonyl (C=O) groups is 1. The molecule has 0 atom stereocenters. The Morgan fingerprint density at radius 2 is 1.75 bits per heavy atom. The number of nitrogens with one attached hydrogen (secondary N) is 1. The monoisotopic (exact) mass is 519 g/mol. The van der Waals surface area contributed by atoms with Crippen LogP contribution in [0.25, 0.3) is 10.2 Å². The number of methoxy groups -OCH3 is 1. The second-order valence-electron chi connectivity index (χ2n) is 7.79. The number of hydrogen-bond donors (Lipinski definition) is 1. The molecule has 1 amide bonds. The first-order valence-corrected chi connectivity index (χ1v) is 13.2. The first-order valence-electron chi connectivity index (χ1n) is 10.9. The van der Waals surface area contributed by atoms with E-state index in [4.69, 9.17) is 9.15 Å². The van der Waals surface area contributed by atoms with E-state index in [1.807, 2.05) is 24.3 Å². The molecule has 3 aromatic carbocycles. The number of aromatic nitrogens is 1. The minimum absolute atomic E-state index is 0.101. The average molecular weight is 520 g/mol. The molecule has 182 valence electrons. The van der Waals surface area contributed by atoms with Gasteiger partial charge in [-0.1, -0.05) is 23.5 Å². The highest BCUT2D eigenvalue weighted by molar-refractivity contribution is 7.92. The van der Waals surface area contributed by atoms with Gasteiger partial charge in [0.2, 0.25) is 0 Å². The lowest BCUT2D eigenvalue weighted by Crippen LogP contribution is -2.30. The molecule has 0 saturated carbocycles. The van der Waals surface area contributed by atoms with Gasteiger partial charge in [0.05, 0.1) is 35.0 Å². The van der Waals surface area contributed by atoms with Crippen LogP contribution in [0.1, 0.15) is 16.1 Å². The van der Waals surface area contributed by atoms with E-state index in [9.17, 15) is 13.2 Å². The molecule has 10 heteroatoms. The molecule has 36 heavy (non-hydrogen) atoms. The van der Waals surface area contributed by atoms with Gasteiger partial charge in [-0.05, 0) is 72.8 Å². The summed E-state index contributed by atoms with van der Waals surface area (Å²) in [4.78, 5) is 19.8. The first kappa shape index (κ1) is 23.6. The molecule has 2 aromatic heterocycles. The molecule has 0 unspecified atom stereocenters. The lowest BCUT2D eigenvalue weighted by atomic mass is 10.2. The zero-order valence-electron chi connectivity index (χ0n) is 19.1. The Morgan fingerprint density at radius 1 is 1.00 bits per heavy atom. The predicted octanol–water partition coefficient (Wildman–Crippen LogP) is 5.55. The summed E-state index contributed by atoms with van der Waals surface area (Å²) in [5.41, 5.74) is 1.52. The summed E-state index contributed by atoms with van der Waals surface area (Å²) in [7, 11) is -2.29. The van der Waals surface area contributed by atoms with Gasteiger partial charge in [-0.15, -0.1) is 0 Å². The van der Waals surface area contributed by atoms with Crippen LogP contribution < -0.4 is 14.4 Å². The third-order valence-corrected chi connectivity index (χ3v) is 7.86. The van der Waals surface area contributed by atoms with E-state index in [0.29, 0.717) is 27.9 Å². The van der Waals surface area contributed by atoms with Crippen molar-refractivity contribution in [1.82, 2.24) is 4.98 Å². The fourth-order valence-electron chi connectivity index (χ4n) is 3.57. The summed E-state index contributed by atoms with van der Waals surface area (Å²) in [5, 5.41) is 0.543. The second kappa shape index (κ2) is 9.84. The molecule has 0 aliphatic carbocycles. The number of anilines is 2. The fourth-order valence-corrected chi connectivity index (χ4v) is 5.59. The molecule has 0 spiro atoms. The number of carbonyl (C=O) groups excluding carboxylic acids is 1. The molecule has 2 heterocycles. The van der Waals surface area contributed by atoms with Crippen molar-refractivity contribution in [2.75, 3.05) is 16.7 Å². The zero-order chi connectivity index (χ0) is 25.1. The van der Waals surface area contributed by atoms with Gasteiger partial charge in [-0.25, -0.2) is 13.4 Å². The first-order chi connectivity index (χ1) is 17.4. The number of benzene rings is 3. The van der Waals surface area contributed by atoms with Crippen LogP contribution in [-0.2, 0) is 16.6 Å². The predicted molar refractivity (Wildman–Crippen MR) is 139 cm³/mol. The second-order valence-corrected chi connectivity index (χ2v) is 10.5. The van der Waals surface area contributed by atoms with E-state index < -0.39 is 10.0 Å². The summed E-state index contributed by atoms with van der Waals surface area (Å²) < 4.78 is 39.5. The van der Waals surface area contributed by atoms with Crippen molar-refractivity contribution >= 4 is 48.3 Å². The molecule has 8 nitrogen and oxygen atoms in total. The SMILES string of the molecule is COc1ccc(S(=O)(=O)Nc2ccc(C(=O)N(Cc3ccco3)c3nc4ccccc4s3)cc2)cc1. The van der Waals surface area contributed by atoms with Crippen molar-refractivity contribution in [3.63, 3.8) is 0 Å². The van der Waals surface area contributed by atoms with Gasteiger partial charge in [0.1, 0.15) is 11.5 Å². The Kier molecular flexibility index (Phi) is 6.45. The van der Waals surface area contributed by atoms with Crippen LogP contribution in [0.3, 0.4) is 0 Å². The van der Waals surface area contributed by atoms with E-state index in [1.165, 1.54) is 30.6 Å². The number of nitrogens with zero attached hydrogens (tertiary/aromatic N) is 2. The van der Waals surface area contributed by atoms with Crippen LogP contribution in [0.2, 0.25) is 0 Å². The fraction of sp³-hybridized carbons (Fsp3) is 0.0769. The van der Waals surface area contributed by atoms with Gasteiger partial charge < -0.3 is 9.15 Å². The molecule has 0 aliphatic heterocycles. The Balaban J connectivity index is 1.39. The lowest BCUT2D eigenvalue weighted by molar-refractivity contribution is 0.0983. The van der Waals surface area contributed by atoms with Crippen molar-refractivity contribution in [1.29, 1.82) is 0 Å². The number of sulfonamides is 1. The van der Waals surface area contributed by atoms with Crippen LogP contribution in [0.5, 0.6) is 5.75 Å². The highest BCUT2D eigenvalue weighted by Crippen LogP contribution is 2.31. The summed E-state index contributed by atoms with van der Waals surface area (Å²) in [6, 6.07) is 23.6. The quantitative estimate of drug-likeness (QED) is 0.289. The normalized spacial score (nSPS) is 11.4. The van der Waals surface area contributed by atoms with Gasteiger partial charge in [0, 0.05) is 11.3 Å². The summed E-state index contributed by atoms with van der Waals surface area (Å²) in [5.74, 6) is 0.894. The van der Waals surface area contributed by atoms with Gasteiger partial charge in [-0.3, -0.25) is 14.4 Å². The smallest absolute Gasteiger partial charge is 0.261 e. The highest BCUT2D eigenvalue weighted by Gasteiger charge is 2.23. The number of para-hydroxylation sites is 1. The third kappa shape index (κ3) is 4.95. The molecule has 0 saturated heterocycles. The van der Waals surface area contributed by atoms with Crippen molar-refractivity contribution in [3.8, 4) is 5.75 Å². The maximum absolute atomic E-state index is 13.5. The summed E-state index contributed by atoms with van der Waals surface area (Å²) >= 11 is 1.41. The van der Waals surface area contributed by atoms with Crippen molar-refractivity contribution in [3.05, 3.63) is 103 Å². The molecule has 0 aliphatic rings. The van der Waals surface area contributed by atoms with Gasteiger partial charge in [0.25, 0.3) is 15.9 Å². The van der Waals surface area contributed by atoms with Gasteiger partial charge >= 0.3 is 0 Å². The minimum atomic E-state index is -3.80. The number of hydrogen-bond acceptors (Lipinski definition) is 7. The number of ether oxygens (including phenoxy) is 1. The summed E-state index contributed by atoms with van der Waals surface area (Å²) in [6.45, 7) is 0.206. The Bertz CT molecular complexity index is 1560. The van der Waals surface area contributed by atoms with Gasteiger partial charge in [0.15, 0.2) is 5.13 Å². The number of fused-ring (bicyclic) bond motifs is 1. The highest BCUT2D eigenvalue weighted by atomic mass is 32.2. The number of rotatable bonds is 8. The minimum Gasteiger partial charge on any atom is -0.497 e. The molecular weight excluding hydrogens is 498 g/mol. The number of amides is 1. The lowest BCUT2D eigenvalue weighted by Gasteiger charge is -2.19. The molecule has 0 fully saturated rings.